The monoisotopic (exact) mass is 478 g/mol. The molecule has 9 nitrogen and oxygen atoms in total. The first-order valence-electron chi connectivity index (χ1n) is 10.4. The number of rotatable bonds is 13. The van der Waals surface area contributed by atoms with Crippen LogP contribution in [0.3, 0.4) is 0 Å². The van der Waals surface area contributed by atoms with Crippen LogP contribution in [-0.2, 0) is 11.3 Å². The Hall–Kier alpha value is -2.96. The average molecular weight is 479 g/mol. The van der Waals surface area contributed by atoms with Gasteiger partial charge in [0.1, 0.15) is 5.00 Å². The van der Waals surface area contributed by atoms with Crippen molar-refractivity contribution in [1.82, 2.24) is 29.1 Å². The fraction of sp³-hybridized carbons (Fsp3) is 0.429. The average Bonchev–Trinajstić information content (AvgIpc) is 3.38. The van der Waals surface area contributed by atoms with Gasteiger partial charge >= 0.3 is 0 Å². The van der Waals surface area contributed by atoms with E-state index in [1.807, 2.05) is 37.4 Å². The van der Waals surface area contributed by atoms with E-state index in [2.05, 4.69) is 36.9 Å². The molecule has 0 saturated heterocycles. The molecular weight excluding hydrogens is 450 g/mol. The van der Waals surface area contributed by atoms with Gasteiger partial charge in [0, 0.05) is 38.8 Å². The molecule has 0 fully saturated rings. The number of aryl methyl sites for hydroxylation is 1. The smallest absolute Gasteiger partial charge is 0.251 e. The summed E-state index contributed by atoms with van der Waals surface area (Å²) >= 11 is 1.25. The number of allylic oxidation sites excluding steroid dienone is 1. The van der Waals surface area contributed by atoms with Gasteiger partial charge in [0.15, 0.2) is 11.5 Å². The van der Waals surface area contributed by atoms with E-state index in [9.17, 15) is 8.78 Å². The number of hydrazone groups is 1. The Morgan fingerprint density at radius 2 is 2.27 bits per heavy atom. The van der Waals surface area contributed by atoms with Gasteiger partial charge in [-0.3, -0.25) is 14.7 Å². The Morgan fingerprint density at radius 1 is 1.45 bits per heavy atom. The molecule has 0 bridgehead atoms. The van der Waals surface area contributed by atoms with Gasteiger partial charge in [-0.2, -0.15) is 9.47 Å². The Bertz CT molecular complexity index is 1100. The molecule has 3 rings (SSSR count). The number of aromatic nitrogens is 4. The van der Waals surface area contributed by atoms with Gasteiger partial charge in [0.25, 0.3) is 6.43 Å². The van der Waals surface area contributed by atoms with E-state index < -0.39 is 6.43 Å². The summed E-state index contributed by atoms with van der Waals surface area (Å²) in [4.78, 5) is 10.7. The Morgan fingerprint density at radius 3 is 3.00 bits per heavy atom. The van der Waals surface area contributed by atoms with Crippen LogP contribution in [-0.4, -0.2) is 63.1 Å². The molecule has 0 amide bonds. The second-order valence-electron chi connectivity index (χ2n) is 7.31. The first-order valence-corrected chi connectivity index (χ1v) is 11.2. The zero-order valence-electron chi connectivity index (χ0n) is 18.9. The van der Waals surface area contributed by atoms with Gasteiger partial charge in [-0.05, 0) is 43.9 Å². The highest BCUT2D eigenvalue weighted by Crippen LogP contribution is 2.26. The molecule has 0 aromatic carbocycles. The number of alkyl halides is 2. The van der Waals surface area contributed by atoms with Crippen LogP contribution in [0.15, 0.2) is 29.8 Å². The normalized spacial score (nSPS) is 12.2. The standard InChI is InChI=1S/C21H28F2N8OS/c1-5-32-7-6-30(13-18(22)23)12-16-8-19(33-29-16)28-20-21-25-10-17(14(2)9-26-24-4)31(21)11-15(3)27-20/h8-11,18,26H,4-7,12-13H2,1-3H3,(H,27,28)/b14-9+. The van der Waals surface area contributed by atoms with Crippen molar-refractivity contribution in [3.8, 4) is 0 Å². The van der Waals surface area contributed by atoms with Gasteiger partial charge in [0.2, 0.25) is 0 Å². The van der Waals surface area contributed by atoms with Crippen molar-refractivity contribution >= 4 is 40.3 Å². The molecule has 12 heteroatoms. The second kappa shape index (κ2) is 11.8. The van der Waals surface area contributed by atoms with E-state index in [0.29, 0.717) is 43.5 Å². The largest absolute Gasteiger partial charge is 0.380 e. The number of fused-ring (bicyclic) bond motifs is 1. The Labute approximate surface area is 195 Å². The SMILES string of the molecule is C=NN/C=C(\C)c1cnc2c(Nc3cc(CN(CCOCC)CC(F)F)ns3)nc(C)cn12. The van der Waals surface area contributed by atoms with Crippen LogP contribution in [0.25, 0.3) is 11.2 Å². The summed E-state index contributed by atoms with van der Waals surface area (Å²) in [7, 11) is 0. The highest BCUT2D eigenvalue weighted by molar-refractivity contribution is 7.10. The number of halogens is 2. The summed E-state index contributed by atoms with van der Waals surface area (Å²) < 4.78 is 37.6. The quantitative estimate of drug-likeness (QED) is 0.219. The van der Waals surface area contributed by atoms with E-state index in [-0.39, 0.29) is 6.54 Å². The highest BCUT2D eigenvalue weighted by atomic mass is 32.1. The topological polar surface area (TPSA) is 92.0 Å². The molecule has 0 radical (unpaired) electrons. The molecule has 3 heterocycles. The lowest BCUT2D eigenvalue weighted by Gasteiger charge is -2.20. The summed E-state index contributed by atoms with van der Waals surface area (Å²) in [5.74, 6) is 0.583. The number of anilines is 2. The first-order chi connectivity index (χ1) is 15.9. The molecule has 0 aliphatic carbocycles. The minimum Gasteiger partial charge on any atom is -0.380 e. The molecule has 3 aromatic rings. The number of nitrogens with one attached hydrogen (secondary N) is 2. The molecule has 178 valence electrons. The summed E-state index contributed by atoms with van der Waals surface area (Å²) in [6.07, 6.45) is 2.99. The summed E-state index contributed by atoms with van der Waals surface area (Å²) in [5.41, 5.74) is 6.70. The fourth-order valence-corrected chi connectivity index (χ4v) is 3.92. The maximum absolute atomic E-state index is 13.0. The number of ether oxygens (including phenoxy) is 1. The van der Waals surface area contributed by atoms with Crippen molar-refractivity contribution < 1.29 is 13.5 Å². The van der Waals surface area contributed by atoms with Crippen LogP contribution < -0.4 is 10.7 Å². The number of imidazole rings is 1. The maximum atomic E-state index is 13.0. The predicted molar refractivity (Wildman–Crippen MR) is 127 cm³/mol. The van der Waals surface area contributed by atoms with Gasteiger partial charge in [-0.15, -0.1) is 0 Å². The zero-order valence-corrected chi connectivity index (χ0v) is 19.7. The minimum atomic E-state index is -2.42. The lowest BCUT2D eigenvalue weighted by Crippen LogP contribution is -2.31. The van der Waals surface area contributed by atoms with Crippen molar-refractivity contribution in [1.29, 1.82) is 0 Å². The van der Waals surface area contributed by atoms with Crippen LogP contribution in [0.2, 0.25) is 0 Å². The molecule has 0 aliphatic rings. The number of hydrogen-bond acceptors (Lipinski definition) is 9. The van der Waals surface area contributed by atoms with Gasteiger partial charge < -0.3 is 10.1 Å². The summed E-state index contributed by atoms with van der Waals surface area (Å²) in [5, 5.41) is 7.65. The van der Waals surface area contributed by atoms with Crippen LogP contribution in [0.5, 0.6) is 0 Å². The minimum absolute atomic E-state index is 0.314. The van der Waals surface area contributed by atoms with Crippen LogP contribution in [0, 0.1) is 6.92 Å². The third kappa shape index (κ3) is 6.76. The van der Waals surface area contributed by atoms with Gasteiger partial charge in [-0.1, -0.05) is 0 Å². The third-order valence-electron chi connectivity index (χ3n) is 4.73. The molecule has 2 N–H and O–H groups in total. The zero-order chi connectivity index (χ0) is 23.8. The van der Waals surface area contributed by atoms with Crippen LogP contribution in [0.1, 0.15) is 30.9 Å². The second-order valence-corrected chi connectivity index (χ2v) is 8.12. The molecule has 0 spiro atoms. The Kier molecular flexibility index (Phi) is 8.80. The fourth-order valence-electron chi connectivity index (χ4n) is 3.26. The molecule has 33 heavy (non-hydrogen) atoms. The third-order valence-corrected chi connectivity index (χ3v) is 5.47. The highest BCUT2D eigenvalue weighted by Gasteiger charge is 2.16. The lowest BCUT2D eigenvalue weighted by atomic mass is 10.2. The van der Waals surface area contributed by atoms with E-state index >= 15 is 0 Å². The van der Waals surface area contributed by atoms with E-state index in [4.69, 9.17) is 4.74 Å². The lowest BCUT2D eigenvalue weighted by molar-refractivity contribution is 0.0583. The van der Waals surface area contributed by atoms with E-state index in [0.717, 1.165) is 22.0 Å². The van der Waals surface area contributed by atoms with Crippen LogP contribution >= 0.6 is 11.5 Å². The van der Waals surface area contributed by atoms with Gasteiger partial charge in [0.05, 0.1) is 36.4 Å². The Balaban J connectivity index is 1.78. The van der Waals surface area contributed by atoms with Crippen LogP contribution in [0.4, 0.5) is 19.6 Å². The van der Waals surface area contributed by atoms with Crippen molar-refractivity contribution in [2.24, 2.45) is 5.10 Å². The van der Waals surface area contributed by atoms with E-state index in [1.54, 1.807) is 17.3 Å². The molecule has 0 aliphatic heterocycles. The van der Waals surface area contributed by atoms with Crippen molar-refractivity contribution in [3.05, 3.63) is 41.7 Å². The van der Waals surface area contributed by atoms with Crippen molar-refractivity contribution in [2.45, 2.75) is 33.7 Å². The van der Waals surface area contributed by atoms with E-state index in [1.165, 1.54) is 11.5 Å². The predicted octanol–water partition coefficient (Wildman–Crippen LogP) is 3.91. The van der Waals surface area contributed by atoms with Crippen molar-refractivity contribution in [3.63, 3.8) is 0 Å². The molecular formula is C21H28F2N8OS. The summed E-state index contributed by atoms with van der Waals surface area (Å²) in [6.45, 7) is 10.5. The number of nitrogens with zero attached hydrogens (tertiary/aromatic N) is 6. The number of hydrogen-bond donors (Lipinski definition) is 2. The summed E-state index contributed by atoms with van der Waals surface area (Å²) in [6, 6.07) is 1.85. The maximum Gasteiger partial charge on any atom is 0.251 e. The molecule has 0 saturated carbocycles. The van der Waals surface area contributed by atoms with Crippen molar-refractivity contribution in [2.75, 3.05) is 31.6 Å². The van der Waals surface area contributed by atoms with Gasteiger partial charge in [-0.25, -0.2) is 18.7 Å². The molecule has 0 atom stereocenters. The molecule has 0 unspecified atom stereocenters. The molecule has 3 aromatic heterocycles. The first kappa shape index (κ1) is 24.7.